The number of esters is 1. The second-order valence-electron chi connectivity index (χ2n) is 10.0. The largest absolute Gasteiger partial charge is 0.450 e. The Morgan fingerprint density at radius 2 is 1.94 bits per heavy atom. The molecular weight excluding hydrogens is 476 g/mol. The molecule has 3 aliphatic rings. The third-order valence-corrected chi connectivity index (χ3v) is 8.60. The molecule has 0 bridgehead atoms. The maximum atomic E-state index is 13.9. The number of benzene rings is 2. The lowest BCUT2D eigenvalue weighted by molar-refractivity contribution is -0.162. The number of carbonyl (C=O) groups is 2. The van der Waals surface area contributed by atoms with E-state index in [2.05, 4.69) is 11.6 Å². The number of ether oxygens (including phenoxy) is 1. The number of Topliss-reactive ketones (excluding diaryl/α,β-unsaturated/α-hetero) is 1. The van der Waals surface area contributed by atoms with Gasteiger partial charge in [-0.25, -0.2) is 0 Å². The van der Waals surface area contributed by atoms with E-state index in [0.717, 1.165) is 44.1 Å². The second kappa shape index (κ2) is 10.1. The van der Waals surface area contributed by atoms with Gasteiger partial charge < -0.3 is 8.92 Å². The molecule has 8 heteroatoms. The highest BCUT2D eigenvalue weighted by Gasteiger charge is 2.62. The summed E-state index contributed by atoms with van der Waals surface area (Å²) in [5.74, 6) is -0.762. The summed E-state index contributed by atoms with van der Waals surface area (Å²) in [5, 5.41) is 8.92. The van der Waals surface area contributed by atoms with Crippen molar-refractivity contribution in [3.63, 3.8) is 0 Å². The number of nitrogens with one attached hydrogen (secondary N) is 1. The van der Waals surface area contributed by atoms with E-state index in [-0.39, 0.29) is 29.5 Å². The molecule has 0 radical (unpaired) electrons. The van der Waals surface area contributed by atoms with Crippen LogP contribution in [0.3, 0.4) is 0 Å². The summed E-state index contributed by atoms with van der Waals surface area (Å²) in [6.45, 7) is 2.07. The van der Waals surface area contributed by atoms with Crippen molar-refractivity contribution in [2.45, 2.75) is 63.4 Å². The van der Waals surface area contributed by atoms with Crippen molar-refractivity contribution in [1.82, 2.24) is 0 Å². The second-order valence-corrected chi connectivity index (χ2v) is 10.9. The predicted molar refractivity (Wildman–Crippen MR) is 135 cm³/mol. The Morgan fingerprint density at radius 3 is 2.64 bits per heavy atom. The van der Waals surface area contributed by atoms with E-state index in [9.17, 15) is 13.8 Å². The zero-order chi connectivity index (χ0) is 25.3. The lowest BCUT2D eigenvalue weighted by atomic mass is 9.68. The molecule has 2 saturated carbocycles. The summed E-state index contributed by atoms with van der Waals surface area (Å²) >= 11 is -1.87. The number of hydrogen-bond acceptors (Lipinski definition) is 6. The first-order chi connectivity index (χ1) is 17.4. The fourth-order valence-corrected chi connectivity index (χ4v) is 6.62. The number of carbonyl (C=O) groups excluding carboxylic acids is 2. The van der Waals surface area contributed by atoms with Gasteiger partial charge in [-0.1, -0.05) is 25.5 Å². The highest BCUT2D eigenvalue weighted by Crippen LogP contribution is 2.54. The topological polar surface area (TPSA) is 105 Å². The number of rotatable bonds is 8. The van der Waals surface area contributed by atoms with Crippen LogP contribution in [-0.4, -0.2) is 21.6 Å². The molecule has 1 saturated heterocycles. The zero-order valence-electron chi connectivity index (χ0n) is 20.3. The summed E-state index contributed by atoms with van der Waals surface area (Å²) < 4.78 is 26.8. The lowest BCUT2D eigenvalue weighted by Crippen LogP contribution is -2.47. The molecule has 2 aromatic rings. The first-order valence-corrected chi connectivity index (χ1v) is 13.8. The van der Waals surface area contributed by atoms with Crippen LogP contribution in [0.2, 0.25) is 0 Å². The van der Waals surface area contributed by atoms with Gasteiger partial charge in [-0.2, -0.15) is 9.47 Å². The Bertz CT molecular complexity index is 1220. The van der Waals surface area contributed by atoms with Crippen LogP contribution in [0, 0.1) is 29.1 Å². The van der Waals surface area contributed by atoms with Gasteiger partial charge in [0.2, 0.25) is 0 Å². The Labute approximate surface area is 214 Å². The van der Waals surface area contributed by atoms with Gasteiger partial charge in [0.05, 0.1) is 11.6 Å². The SMILES string of the molecule is CCC1CCCCC12OC(=O)C(C(c1cccc(NS(=O)Oc3ccc(C#N)cc3)c1)C1CC1)C2=O. The standard InChI is InChI=1S/C28H30N2O5S/c1-2-21-7-3-4-15-28(21)26(31)25(27(32)34-28)24(19-11-12-19)20-6-5-8-22(16-20)30-36(33)35-23-13-9-18(17-29)10-14-23/h5-6,8-10,13-14,16,19,21,24-25,30H,2-4,7,11-12,15H2,1H3. The highest BCUT2D eigenvalue weighted by molar-refractivity contribution is 7.81. The van der Waals surface area contributed by atoms with Crippen LogP contribution < -0.4 is 8.91 Å². The van der Waals surface area contributed by atoms with Crippen LogP contribution in [0.15, 0.2) is 48.5 Å². The molecule has 1 aliphatic heterocycles. The van der Waals surface area contributed by atoms with Crippen molar-refractivity contribution in [2.24, 2.45) is 17.8 Å². The van der Waals surface area contributed by atoms with Gasteiger partial charge in [0.1, 0.15) is 11.7 Å². The summed E-state index contributed by atoms with van der Waals surface area (Å²) in [6, 6.07) is 15.8. The van der Waals surface area contributed by atoms with E-state index in [0.29, 0.717) is 23.4 Å². The van der Waals surface area contributed by atoms with Crippen molar-refractivity contribution >= 4 is 28.7 Å². The summed E-state index contributed by atoms with van der Waals surface area (Å²) in [7, 11) is 0. The molecule has 1 spiro atoms. The fraction of sp³-hybridized carbons (Fsp3) is 0.464. The summed E-state index contributed by atoms with van der Waals surface area (Å²) in [4.78, 5) is 27.1. The average Bonchev–Trinajstić information content (AvgIpc) is 3.69. The number of ketones is 1. The summed E-state index contributed by atoms with van der Waals surface area (Å²) in [6.07, 6.45) is 6.27. The molecule has 0 aromatic heterocycles. The molecule has 1 N–H and O–H groups in total. The third-order valence-electron chi connectivity index (χ3n) is 7.86. The van der Waals surface area contributed by atoms with Crippen molar-refractivity contribution in [3.05, 3.63) is 59.7 Å². The van der Waals surface area contributed by atoms with Gasteiger partial charge in [-0.3, -0.25) is 14.3 Å². The molecule has 36 heavy (non-hydrogen) atoms. The Hall–Kier alpha value is -3.18. The van der Waals surface area contributed by atoms with Gasteiger partial charge in [0, 0.05) is 17.5 Å². The first-order valence-electron chi connectivity index (χ1n) is 12.7. The molecule has 2 aliphatic carbocycles. The monoisotopic (exact) mass is 506 g/mol. The maximum Gasteiger partial charge on any atom is 0.318 e. The molecule has 7 nitrogen and oxygen atoms in total. The van der Waals surface area contributed by atoms with Crippen LogP contribution in [0.5, 0.6) is 5.75 Å². The van der Waals surface area contributed by atoms with Crippen molar-refractivity contribution in [1.29, 1.82) is 5.26 Å². The van der Waals surface area contributed by atoms with E-state index in [1.807, 2.05) is 24.3 Å². The smallest absolute Gasteiger partial charge is 0.318 e. The van der Waals surface area contributed by atoms with Crippen LogP contribution in [0.1, 0.15) is 68.9 Å². The molecule has 188 valence electrons. The molecule has 5 unspecified atom stereocenters. The molecule has 0 amide bonds. The maximum absolute atomic E-state index is 13.9. The van der Waals surface area contributed by atoms with Crippen molar-refractivity contribution < 1.29 is 22.7 Å². The predicted octanol–water partition coefficient (Wildman–Crippen LogP) is 5.20. The van der Waals surface area contributed by atoms with Crippen LogP contribution in [-0.2, 0) is 25.6 Å². The van der Waals surface area contributed by atoms with Gasteiger partial charge in [-0.15, -0.1) is 0 Å². The molecule has 5 atom stereocenters. The number of hydrogen-bond donors (Lipinski definition) is 1. The van der Waals surface area contributed by atoms with E-state index in [1.54, 1.807) is 30.3 Å². The van der Waals surface area contributed by atoms with Gasteiger partial charge in [0.25, 0.3) is 0 Å². The fourth-order valence-electron chi connectivity index (χ4n) is 5.97. The minimum Gasteiger partial charge on any atom is -0.450 e. The van der Waals surface area contributed by atoms with Crippen LogP contribution in [0.4, 0.5) is 5.69 Å². The molecule has 2 aromatic carbocycles. The Balaban J connectivity index is 1.35. The normalized spacial score (nSPS) is 27.2. The molecule has 3 fully saturated rings. The highest BCUT2D eigenvalue weighted by atomic mass is 32.2. The number of nitriles is 1. The quantitative estimate of drug-likeness (QED) is 0.390. The molecular formula is C28H30N2O5S. The molecule has 5 rings (SSSR count). The number of nitrogens with zero attached hydrogens (tertiary/aromatic N) is 1. The first kappa shape index (κ1) is 24.5. The van der Waals surface area contributed by atoms with Crippen LogP contribution >= 0.6 is 0 Å². The lowest BCUT2D eigenvalue weighted by Gasteiger charge is -2.38. The van der Waals surface area contributed by atoms with Crippen molar-refractivity contribution in [2.75, 3.05) is 4.72 Å². The minimum atomic E-state index is -1.87. The van der Waals surface area contributed by atoms with Gasteiger partial charge in [0.15, 0.2) is 11.4 Å². The third kappa shape index (κ3) is 4.64. The summed E-state index contributed by atoms with van der Waals surface area (Å²) in [5.41, 5.74) is 0.964. The van der Waals surface area contributed by atoms with E-state index in [4.69, 9.17) is 14.2 Å². The van der Waals surface area contributed by atoms with E-state index < -0.39 is 22.8 Å². The Kier molecular flexibility index (Phi) is 6.85. The molecule has 1 heterocycles. The van der Waals surface area contributed by atoms with E-state index in [1.165, 1.54) is 0 Å². The number of anilines is 1. The van der Waals surface area contributed by atoms with Gasteiger partial charge in [-0.05, 0) is 86.4 Å². The average molecular weight is 507 g/mol. The minimum absolute atomic E-state index is 0.0398. The van der Waals surface area contributed by atoms with Crippen molar-refractivity contribution in [3.8, 4) is 11.8 Å². The Morgan fingerprint density at radius 1 is 1.17 bits per heavy atom. The van der Waals surface area contributed by atoms with Gasteiger partial charge >= 0.3 is 17.2 Å². The van der Waals surface area contributed by atoms with Crippen LogP contribution in [0.25, 0.3) is 0 Å². The zero-order valence-corrected chi connectivity index (χ0v) is 21.1. The van der Waals surface area contributed by atoms with E-state index >= 15 is 0 Å².